The second-order valence-corrected chi connectivity index (χ2v) is 5.95. The summed E-state index contributed by atoms with van der Waals surface area (Å²) in [6.07, 6.45) is 0.112. The maximum absolute atomic E-state index is 12.6. The van der Waals surface area contributed by atoms with Gasteiger partial charge in [-0.2, -0.15) is 0 Å². The number of hydrogen-bond donors (Lipinski definition) is 0. The molecule has 4 nitrogen and oxygen atoms in total. The Balaban J connectivity index is 2.56. The topological polar surface area (TPSA) is 54.5 Å². The minimum Gasteiger partial charge on any atom is -0.273 e. The number of nitrogens with zero attached hydrogens (tertiary/aromatic N) is 1. The van der Waals surface area contributed by atoms with Crippen LogP contribution in [0, 0.1) is 0 Å². The van der Waals surface area contributed by atoms with Crippen LogP contribution in [0.4, 0.5) is 5.69 Å². The van der Waals surface area contributed by atoms with Crippen molar-refractivity contribution in [3.63, 3.8) is 0 Å². The minimum atomic E-state index is -3.88. The van der Waals surface area contributed by atoms with E-state index in [1.54, 1.807) is 55.5 Å². The fourth-order valence-corrected chi connectivity index (χ4v) is 3.33. The van der Waals surface area contributed by atoms with Crippen molar-refractivity contribution in [1.82, 2.24) is 0 Å². The molecule has 0 saturated carbocycles. The lowest BCUT2D eigenvalue weighted by atomic mass is 10.3. The maximum Gasteiger partial charge on any atom is 0.270 e. The van der Waals surface area contributed by atoms with Gasteiger partial charge in [0.25, 0.3) is 10.0 Å². The van der Waals surface area contributed by atoms with E-state index in [1.165, 1.54) is 12.1 Å². The van der Waals surface area contributed by atoms with Crippen molar-refractivity contribution in [2.75, 3.05) is 4.31 Å². The highest BCUT2D eigenvalue weighted by Gasteiger charge is 2.29. The molecule has 0 saturated heterocycles. The molecule has 104 valence electrons. The van der Waals surface area contributed by atoms with E-state index in [9.17, 15) is 13.2 Å². The molecule has 2 aromatic carbocycles. The van der Waals surface area contributed by atoms with Crippen molar-refractivity contribution < 1.29 is 13.2 Å². The highest BCUT2D eigenvalue weighted by Crippen LogP contribution is 2.24. The molecule has 1 amide bonds. The normalized spacial score (nSPS) is 11.1. The van der Waals surface area contributed by atoms with E-state index in [-0.39, 0.29) is 11.3 Å². The Morgan fingerprint density at radius 1 is 0.950 bits per heavy atom. The largest absolute Gasteiger partial charge is 0.273 e. The molecule has 2 rings (SSSR count). The highest BCUT2D eigenvalue weighted by atomic mass is 32.2. The van der Waals surface area contributed by atoms with Crippen LogP contribution in [0.15, 0.2) is 65.6 Å². The van der Waals surface area contributed by atoms with Crippen LogP contribution in [0.3, 0.4) is 0 Å². The molecule has 0 heterocycles. The average Bonchev–Trinajstić information content (AvgIpc) is 2.49. The summed E-state index contributed by atoms with van der Waals surface area (Å²) < 4.78 is 26.1. The van der Waals surface area contributed by atoms with E-state index in [4.69, 9.17) is 0 Å². The van der Waals surface area contributed by atoms with E-state index in [2.05, 4.69) is 0 Å². The van der Waals surface area contributed by atoms with Gasteiger partial charge in [0.05, 0.1) is 10.6 Å². The van der Waals surface area contributed by atoms with Gasteiger partial charge in [-0.05, 0) is 24.3 Å². The smallest absolute Gasteiger partial charge is 0.270 e. The highest BCUT2D eigenvalue weighted by molar-refractivity contribution is 7.93. The molecule has 0 unspecified atom stereocenters. The standard InChI is InChI=1S/C15H15NO3S/c1-2-15(17)16(13-9-5-3-6-10-13)20(18,19)14-11-7-4-8-12-14/h3-12H,2H2,1H3. The van der Waals surface area contributed by atoms with Crippen molar-refractivity contribution in [1.29, 1.82) is 0 Å². The Bertz CT molecular complexity index is 682. The van der Waals surface area contributed by atoms with Gasteiger partial charge in [-0.1, -0.05) is 43.3 Å². The van der Waals surface area contributed by atoms with Crippen molar-refractivity contribution >= 4 is 21.6 Å². The number of carbonyl (C=O) groups is 1. The summed E-state index contributed by atoms with van der Waals surface area (Å²) in [6.45, 7) is 1.64. The molecule has 0 fully saturated rings. The van der Waals surface area contributed by atoms with Crippen molar-refractivity contribution in [2.45, 2.75) is 18.2 Å². The van der Waals surface area contributed by atoms with Gasteiger partial charge < -0.3 is 0 Å². The molecule has 0 bridgehead atoms. The summed E-state index contributed by atoms with van der Waals surface area (Å²) in [7, 11) is -3.88. The van der Waals surface area contributed by atoms with Gasteiger partial charge >= 0.3 is 0 Å². The van der Waals surface area contributed by atoms with Crippen molar-refractivity contribution in [3.05, 3.63) is 60.7 Å². The van der Waals surface area contributed by atoms with Crippen LogP contribution < -0.4 is 4.31 Å². The SMILES string of the molecule is CCC(=O)N(c1ccccc1)S(=O)(=O)c1ccccc1. The third-order valence-corrected chi connectivity index (χ3v) is 4.56. The quantitative estimate of drug-likeness (QED) is 0.869. The number of hydrogen-bond acceptors (Lipinski definition) is 3. The monoisotopic (exact) mass is 289 g/mol. The Morgan fingerprint density at radius 2 is 1.45 bits per heavy atom. The third kappa shape index (κ3) is 2.72. The zero-order valence-electron chi connectivity index (χ0n) is 11.1. The zero-order valence-corrected chi connectivity index (χ0v) is 11.9. The van der Waals surface area contributed by atoms with Gasteiger partial charge in [-0.25, -0.2) is 12.7 Å². The van der Waals surface area contributed by atoms with Crippen LogP contribution in [0.5, 0.6) is 0 Å². The first-order valence-corrected chi connectivity index (χ1v) is 7.69. The van der Waals surface area contributed by atoms with E-state index in [1.807, 2.05) is 0 Å². The van der Waals surface area contributed by atoms with E-state index >= 15 is 0 Å². The molecular weight excluding hydrogens is 274 g/mol. The zero-order chi connectivity index (χ0) is 14.6. The molecule has 2 aromatic rings. The van der Waals surface area contributed by atoms with E-state index in [0.717, 1.165) is 4.31 Å². The number of carbonyl (C=O) groups excluding carboxylic acids is 1. The second-order valence-electron chi connectivity index (χ2n) is 4.17. The number of benzene rings is 2. The molecule has 0 atom stereocenters. The molecule has 0 aliphatic rings. The van der Waals surface area contributed by atoms with Crippen LogP contribution in [-0.4, -0.2) is 14.3 Å². The number of anilines is 1. The molecule has 0 aliphatic heterocycles. The van der Waals surface area contributed by atoms with Crippen LogP contribution in [0.1, 0.15) is 13.3 Å². The lowest BCUT2D eigenvalue weighted by molar-refractivity contribution is -0.117. The summed E-state index contributed by atoms with van der Waals surface area (Å²) in [5.41, 5.74) is 0.350. The number of para-hydroxylation sites is 1. The average molecular weight is 289 g/mol. The van der Waals surface area contributed by atoms with Crippen LogP contribution in [-0.2, 0) is 14.8 Å². The van der Waals surface area contributed by atoms with E-state index < -0.39 is 15.9 Å². The van der Waals surface area contributed by atoms with E-state index in [0.29, 0.717) is 5.69 Å². The summed E-state index contributed by atoms with van der Waals surface area (Å²) in [4.78, 5) is 12.2. The lowest BCUT2D eigenvalue weighted by Crippen LogP contribution is -2.36. The summed E-state index contributed by atoms with van der Waals surface area (Å²) in [5.74, 6) is -0.458. The molecule has 0 spiro atoms. The van der Waals surface area contributed by atoms with Gasteiger partial charge in [0.15, 0.2) is 0 Å². The molecule has 20 heavy (non-hydrogen) atoms. The van der Waals surface area contributed by atoms with Crippen molar-refractivity contribution in [3.8, 4) is 0 Å². The minimum absolute atomic E-state index is 0.102. The molecule has 0 radical (unpaired) electrons. The second kappa shape index (κ2) is 5.88. The van der Waals surface area contributed by atoms with Crippen LogP contribution in [0.25, 0.3) is 0 Å². The first-order chi connectivity index (χ1) is 9.57. The Kier molecular flexibility index (Phi) is 4.20. The summed E-state index contributed by atoms with van der Waals surface area (Å²) in [6, 6.07) is 16.3. The molecule has 5 heteroatoms. The molecular formula is C15H15NO3S. The van der Waals surface area contributed by atoms with Crippen LogP contribution >= 0.6 is 0 Å². The van der Waals surface area contributed by atoms with Gasteiger partial charge in [0.1, 0.15) is 0 Å². The Hall–Kier alpha value is -2.14. The van der Waals surface area contributed by atoms with Gasteiger partial charge in [0, 0.05) is 6.42 Å². The fourth-order valence-electron chi connectivity index (χ4n) is 1.82. The Morgan fingerprint density at radius 3 is 1.95 bits per heavy atom. The van der Waals surface area contributed by atoms with Crippen molar-refractivity contribution in [2.24, 2.45) is 0 Å². The Labute approximate surface area is 118 Å². The summed E-state index contributed by atoms with van der Waals surface area (Å²) >= 11 is 0. The molecule has 0 N–H and O–H groups in total. The third-order valence-electron chi connectivity index (χ3n) is 2.80. The predicted octanol–water partition coefficient (Wildman–Crippen LogP) is 2.82. The number of rotatable bonds is 4. The lowest BCUT2D eigenvalue weighted by Gasteiger charge is -2.22. The van der Waals surface area contributed by atoms with Gasteiger partial charge in [-0.15, -0.1) is 0 Å². The number of sulfonamides is 1. The number of amides is 1. The predicted molar refractivity (Wildman–Crippen MR) is 77.8 cm³/mol. The molecule has 0 aliphatic carbocycles. The maximum atomic E-state index is 12.6. The van der Waals surface area contributed by atoms with Gasteiger partial charge in [-0.3, -0.25) is 4.79 Å². The van der Waals surface area contributed by atoms with Gasteiger partial charge in [0.2, 0.25) is 5.91 Å². The fraction of sp³-hybridized carbons (Fsp3) is 0.133. The molecule has 0 aromatic heterocycles. The van der Waals surface area contributed by atoms with Crippen LogP contribution in [0.2, 0.25) is 0 Å². The first-order valence-electron chi connectivity index (χ1n) is 6.25. The summed E-state index contributed by atoms with van der Waals surface area (Å²) in [5, 5.41) is 0. The first kappa shape index (κ1) is 14.3.